The number of hydrogen-bond donors (Lipinski definition) is 2. The van der Waals surface area contributed by atoms with Crippen molar-refractivity contribution in [2.75, 3.05) is 5.32 Å². The zero-order chi connectivity index (χ0) is 16.4. The maximum atomic E-state index is 9.69. The fourth-order valence-electron chi connectivity index (χ4n) is 3.05. The molecule has 0 aromatic carbocycles. The largest absolute Gasteiger partial charge is 0.393 e. The van der Waals surface area contributed by atoms with Gasteiger partial charge in [0.05, 0.1) is 22.0 Å². The van der Waals surface area contributed by atoms with Gasteiger partial charge in [0.2, 0.25) is 0 Å². The van der Waals surface area contributed by atoms with E-state index in [0.29, 0.717) is 6.04 Å². The predicted octanol–water partition coefficient (Wildman–Crippen LogP) is 5.39. The third-order valence-electron chi connectivity index (χ3n) is 4.22. The first-order valence-electron chi connectivity index (χ1n) is 7.70. The van der Waals surface area contributed by atoms with Crippen molar-refractivity contribution >= 4 is 69.1 Å². The molecule has 1 aliphatic rings. The van der Waals surface area contributed by atoms with Crippen LogP contribution in [0.1, 0.15) is 38.3 Å². The van der Waals surface area contributed by atoms with Crippen LogP contribution in [0.15, 0.2) is 22.8 Å². The third-order valence-corrected chi connectivity index (χ3v) is 6.52. The molecule has 0 radical (unpaired) electrons. The number of nitrogens with zero attached hydrogens (tertiary/aromatic N) is 2. The second-order valence-electron chi connectivity index (χ2n) is 5.80. The summed E-state index contributed by atoms with van der Waals surface area (Å²) in [6, 6.07) is 2.58. The predicted molar refractivity (Wildman–Crippen MR) is 111 cm³/mol. The van der Waals surface area contributed by atoms with Crippen molar-refractivity contribution in [2.24, 2.45) is 0 Å². The van der Waals surface area contributed by atoms with Gasteiger partial charge < -0.3 is 10.4 Å². The minimum atomic E-state index is -0.133. The topological polar surface area (TPSA) is 50.1 Å². The van der Waals surface area contributed by atoms with E-state index in [4.69, 9.17) is 0 Å². The van der Waals surface area contributed by atoms with Crippen LogP contribution in [0.25, 0.3) is 17.1 Å². The average molecular weight is 508 g/mol. The lowest BCUT2D eigenvalue weighted by molar-refractivity contribution is 0.126. The van der Waals surface area contributed by atoms with E-state index in [0.717, 1.165) is 52.6 Å². The van der Waals surface area contributed by atoms with Crippen LogP contribution in [0, 0.1) is 0 Å². The Morgan fingerprint density at radius 2 is 2.17 bits per heavy atom. The first kappa shape index (κ1) is 17.6. The monoisotopic (exact) mass is 507 g/mol. The van der Waals surface area contributed by atoms with Gasteiger partial charge in [0.1, 0.15) is 0 Å². The maximum Gasteiger partial charge on any atom is 0.153 e. The molecule has 0 amide bonds. The summed E-state index contributed by atoms with van der Waals surface area (Å²) < 4.78 is 3.12. The van der Waals surface area contributed by atoms with Crippen LogP contribution in [0.2, 0.25) is 0 Å². The first-order chi connectivity index (χ1) is 11.1. The molecule has 1 saturated carbocycles. The number of nitrogens with one attached hydrogen (secondary N) is 1. The highest BCUT2D eigenvalue weighted by Crippen LogP contribution is 2.37. The molecule has 2 heterocycles. The van der Waals surface area contributed by atoms with Gasteiger partial charge in [-0.3, -0.25) is 3.97 Å². The fourth-order valence-corrected chi connectivity index (χ4v) is 5.13. The molecule has 0 unspecified atom stereocenters. The molecule has 4 nitrogen and oxygen atoms in total. The van der Waals surface area contributed by atoms with Gasteiger partial charge in [-0.05, 0) is 60.7 Å². The number of fused-ring (bicyclic) bond motifs is 1. The maximum absolute atomic E-state index is 9.69. The minimum absolute atomic E-state index is 0.133. The third kappa shape index (κ3) is 3.72. The summed E-state index contributed by atoms with van der Waals surface area (Å²) in [6.45, 7) is 2.02. The summed E-state index contributed by atoms with van der Waals surface area (Å²) in [4.78, 5) is 4.60. The van der Waals surface area contributed by atoms with Crippen LogP contribution >= 0.6 is 46.3 Å². The van der Waals surface area contributed by atoms with Crippen LogP contribution in [0.4, 0.5) is 5.69 Å². The highest BCUT2D eigenvalue weighted by atomic mass is 127. The van der Waals surface area contributed by atoms with Gasteiger partial charge in [-0.15, -0.1) is 0 Å². The van der Waals surface area contributed by atoms with Crippen molar-refractivity contribution in [3.63, 3.8) is 0 Å². The summed E-state index contributed by atoms with van der Waals surface area (Å²) in [5.74, 6) is 0. The van der Waals surface area contributed by atoms with Crippen LogP contribution in [-0.4, -0.2) is 26.2 Å². The van der Waals surface area contributed by atoms with Gasteiger partial charge in [-0.1, -0.05) is 6.08 Å². The summed E-state index contributed by atoms with van der Waals surface area (Å²) in [5.41, 5.74) is 3.21. The van der Waals surface area contributed by atoms with Gasteiger partial charge >= 0.3 is 0 Å². The van der Waals surface area contributed by atoms with Crippen LogP contribution in [-0.2, 0) is 0 Å². The molecule has 1 fully saturated rings. The Morgan fingerprint density at radius 1 is 1.43 bits per heavy atom. The number of hydrogen-bond acceptors (Lipinski definition) is 4. The SMILES string of the molecule is C/C=C/c1cc2c(N[C@H]3CC[C@H](O)CC3)c(Br)cnc2n1SI. The standard InChI is InChI=1S/C16H19BrIN3OS/c1-2-3-11-8-13-15(20-10-4-6-12(22)7-5-10)14(17)9-19-16(13)21(11)23-18/h2-3,8-10,12,22H,4-7H2,1H3,(H,19,20)/b3-2+/t10-,12-. The van der Waals surface area contributed by atoms with Gasteiger partial charge in [0.25, 0.3) is 0 Å². The Balaban J connectivity index is 2.00. The van der Waals surface area contributed by atoms with E-state index in [1.165, 1.54) is 0 Å². The van der Waals surface area contributed by atoms with Crippen molar-refractivity contribution in [3.05, 3.63) is 28.5 Å². The lowest BCUT2D eigenvalue weighted by Gasteiger charge is -2.27. The number of halogens is 2. The second-order valence-corrected chi connectivity index (χ2v) is 8.34. The molecule has 0 saturated heterocycles. The number of pyridine rings is 1. The second kappa shape index (κ2) is 7.76. The number of allylic oxidation sites excluding steroid dienone is 1. The van der Waals surface area contributed by atoms with E-state index >= 15 is 0 Å². The zero-order valence-electron chi connectivity index (χ0n) is 12.8. The lowest BCUT2D eigenvalue weighted by atomic mass is 9.93. The zero-order valence-corrected chi connectivity index (χ0v) is 17.4. The molecule has 7 heteroatoms. The molecule has 0 bridgehead atoms. The van der Waals surface area contributed by atoms with E-state index in [9.17, 15) is 5.11 Å². The highest BCUT2D eigenvalue weighted by Gasteiger charge is 2.22. The van der Waals surface area contributed by atoms with Crippen molar-refractivity contribution in [1.29, 1.82) is 0 Å². The molecule has 0 atom stereocenters. The molecular weight excluding hydrogens is 489 g/mol. The number of aliphatic hydroxyl groups excluding tert-OH is 1. The summed E-state index contributed by atoms with van der Waals surface area (Å²) in [7, 11) is 1.63. The molecule has 0 spiro atoms. The van der Waals surface area contributed by atoms with Gasteiger partial charge in [0.15, 0.2) is 5.65 Å². The normalized spacial score (nSPS) is 22.1. The average Bonchev–Trinajstić information content (AvgIpc) is 2.90. The Labute approximate surface area is 161 Å². The quantitative estimate of drug-likeness (QED) is 0.544. The summed E-state index contributed by atoms with van der Waals surface area (Å²) >= 11 is 5.93. The van der Waals surface area contributed by atoms with Crippen LogP contribution in [0.5, 0.6) is 0 Å². The molecule has 2 aromatic rings. The van der Waals surface area contributed by atoms with Crippen LogP contribution in [0.3, 0.4) is 0 Å². The summed E-state index contributed by atoms with van der Waals surface area (Å²) in [6.07, 6.45) is 9.62. The highest BCUT2D eigenvalue weighted by molar-refractivity contribution is 14.2. The Hall–Kier alpha value is -0.250. The van der Waals surface area contributed by atoms with E-state index in [1.54, 1.807) is 9.12 Å². The number of aromatic nitrogens is 2. The fraction of sp³-hybridized carbons (Fsp3) is 0.438. The molecule has 2 N–H and O–H groups in total. The lowest BCUT2D eigenvalue weighted by Crippen LogP contribution is -2.28. The molecule has 124 valence electrons. The van der Waals surface area contributed by atoms with E-state index in [1.807, 2.05) is 19.2 Å². The van der Waals surface area contributed by atoms with E-state index < -0.39 is 0 Å². The van der Waals surface area contributed by atoms with E-state index in [-0.39, 0.29) is 6.10 Å². The van der Waals surface area contributed by atoms with E-state index in [2.05, 4.69) is 63.6 Å². The molecule has 0 aliphatic heterocycles. The van der Waals surface area contributed by atoms with Crippen molar-refractivity contribution in [1.82, 2.24) is 8.96 Å². The smallest absolute Gasteiger partial charge is 0.153 e. The molecule has 23 heavy (non-hydrogen) atoms. The van der Waals surface area contributed by atoms with Gasteiger partial charge in [-0.25, -0.2) is 4.98 Å². The minimum Gasteiger partial charge on any atom is -0.393 e. The Kier molecular flexibility index (Phi) is 5.92. The van der Waals surface area contributed by atoms with Crippen molar-refractivity contribution in [2.45, 2.75) is 44.8 Å². The molecule has 3 rings (SSSR count). The van der Waals surface area contributed by atoms with Crippen LogP contribution < -0.4 is 5.32 Å². The molecule has 2 aromatic heterocycles. The Bertz CT molecular complexity index is 726. The van der Waals surface area contributed by atoms with Crippen molar-refractivity contribution in [3.8, 4) is 0 Å². The molecular formula is C16H19BrIN3OS. The number of rotatable bonds is 4. The number of aliphatic hydroxyl groups is 1. The van der Waals surface area contributed by atoms with Crippen molar-refractivity contribution < 1.29 is 5.11 Å². The Morgan fingerprint density at radius 3 is 2.83 bits per heavy atom. The first-order valence-corrected chi connectivity index (χ1v) is 11.8. The number of anilines is 1. The van der Waals surface area contributed by atoms with Gasteiger partial charge in [-0.2, -0.15) is 0 Å². The molecule has 1 aliphatic carbocycles. The van der Waals surface area contributed by atoms with Gasteiger partial charge in [0, 0.05) is 47.9 Å². The summed E-state index contributed by atoms with van der Waals surface area (Å²) in [5, 5.41) is 14.5.